The van der Waals surface area contributed by atoms with Crippen molar-refractivity contribution in [2.24, 2.45) is 0 Å². The number of aliphatic carboxylic acids is 1. The zero-order valence-corrected chi connectivity index (χ0v) is 49.6. The van der Waals surface area contributed by atoms with Gasteiger partial charge in [-0.05, 0) is 0 Å². The van der Waals surface area contributed by atoms with Gasteiger partial charge in [0.25, 0.3) is 5.79 Å². The fraction of sp³-hybridized carbons (Fsp3) is 0.922. The van der Waals surface area contributed by atoms with E-state index in [1.54, 1.807) is 0 Å². The van der Waals surface area contributed by atoms with Gasteiger partial charge in [-0.25, -0.2) is 4.79 Å². The second-order valence-electron chi connectivity index (χ2n) is 23.3. The van der Waals surface area contributed by atoms with E-state index < -0.39 is 297 Å². The summed E-state index contributed by atoms with van der Waals surface area (Å²) in [6, 6.07) is -5.29. The number of nitrogens with one attached hydrogen (secondary N) is 3. The molecule has 93 heavy (non-hydrogen) atoms. The smallest absolute Gasteiger partial charge is 0.364 e. The predicted molar refractivity (Wildman–Crippen MR) is 284 cm³/mol. The minimum atomic E-state index is -3.03. The molecule has 0 radical (unpaired) electrons. The van der Waals surface area contributed by atoms with Crippen molar-refractivity contribution in [1.29, 1.82) is 0 Å². The van der Waals surface area contributed by atoms with Crippen LogP contribution < -0.4 is 16.0 Å². The maximum atomic E-state index is 12.9. The van der Waals surface area contributed by atoms with Crippen LogP contribution in [0.25, 0.3) is 0 Å². The van der Waals surface area contributed by atoms with Gasteiger partial charge in [0.15, 0.2) is 37.7 Å². The number of hydrogen-bond acceptors (Lipinski definition) is 38. The Morgan fingerprint density at radius 3 is 1.41 bits per heavy atom. The Morgan fingerprint density at radius 1 is 0.441 bits per heavy atom. The highest BCUT2D eigenvalue weighted by atomic mass is 16.8. The maximum Gasteiger partial charge on any atom is 0.364 e. The van der Waals surface area contributed by atoms with Crippen LogP contribution in [0, 0.1) is 0 Å². The lowest BCUT2D eigenvalue weighted by molar-refractivity contribution is -0.396. The van der Waals surface area contributed by atoms with Crippen molar-refractivity contribution in [2.45, 2.75) is 248 Å². The second-order valence-corrected chi connectivity index (χ2v) is 23.3. The monoisotopic (exact) mass is 1360 g/mol. The molecule has 0 saturated carbocycles. The van der Waals surface area contributed by atoms with Gasteiger partial charge in [0.1, 0.15) is 165 Å². The molecule has 7 saturated heterocycles. The quantitative estimate of drug-likeness (QED) is 0.0404. The summed E-state index contributed by atoms with van der Waals surface area (Å²) in [6.07, 6.45) is -67.5. The van der Waals surface area contributed by atoms with E-state index in [2.05, 4.69) is 16.0 Å². The summed E-state index contributed by atoms with van der Waals surface area (Å²) in [5, 5.41) is 246. The minimum Gasteiger partial charge on any atom is -0.477 e. The molecule has 36 atom stereocenters. The molecule has 3 amide bonds. The molecule has 0 spiro atoms. The summed E-state index contributed by atoms with van der Waals surface area (Å²) in [7, 11) is 0. The molecule has 0 aliphatic carbocycles. The molecule has 7 aliphatic rings. The van der Waals surface area contributed by atoms with Crippen LogP contribution in [0.15, 0.2) is 0 Å². The molecular weight excluding hydrogens is 1280 g/mol. The highest BCUT2D eigenvalue weighted by molar-refractivity contribution is 5.77. The average Bonchev–Trinajstić information content (AvgIpc) is 0.785. The van der Waals surface area contributed by atoms with Gasteiger partial charge in [-0.3, -0.25) is 14.4 Å². The molecule has 538 valence electrons. The Hall–Kier alpha value is -3.48. The van der Waals surface area contributed by atoms with E-state index in [0.29, 0.717) is 0 Å². The van der Waals surface area contributed by atoms with Gasteiger partial charge in [0, 0.05) is 27.2 Å². The van der Waals surface area contributed by atoms with Crippen LogP contribution in [0.2, 0.25) is 0 Å². The van der Waals surface area contributed by atoms with Crippen molar-refractivity contribution in [3.05, 3.63) is 0 Å². The lowest BCUT2D eigenvalue weighted by Crippen LogP contribution is -2.70. The Labute approximate surface area is 525 Å². The molecule has 42 heteroatoms. The number of amides is 3. The summed E-state index contributed by atoms with van der Waals surface area (Å²) in [4.78, 5) is 49.9. The molecule has 0 aromatic carbocycles. The zero-order chi connectivity index (χ0) is 69.0. The van der Waals surface area contributed by atoms with Crippen molar-refractivity contribution < 1.29 is 193 Å². The third-order valence-electron chi connectivity index (χ3n) is 16.7. The van der Waals surface area contributed by atoms with E-state index in [0.717, 1.165) is 20.8 Å². The Balaban J connectivity index is 1.14. The molecule has 0 bridgehead atoms. The first-order chi connectivity index (χ1) is 43.8. The van der Waals surface area contributed by atoms with Gasteiger partial charge in [0.05, 0.1) is 58.4 Å². The van der Waals surface area contributed by atoms with Gasteiger partial charge in [-0.1, -0.05) is 0 Å². The number of hydrogen-bond donors (Lipinski definition) is 25. The van der Waals surface area contributed by atoms with Crippen LogP contribution in [0.4, 0.5) is 0 Å². The second kappa shape index (κ2) is 32.9. The standard InChI is InChI=1S/C51H85N3O39/c1-12(60)52-23-15(63)4-51(50(79)80,93-41(23)26(65)16(64)5-55)82-11-22-29(68)34(73)37(76)47(88-22)89-40-20(9-59)86-45(25(32(40)71)54-14(3)62)92-43-35(74)28(67)18(7-57)85-49(43)91-42-30(69)21(10-81-46-36(75)33(72)27(66)17(6-56)84-46)87-48(38(42)77)90-39-19(8-58)83-44(78)24(31(39)70)53-13(2)61/h15-49,55-59,63-78H,4-11H2,1-3H3,(H,52,60)(H,53,61)(H,54,62)(H,79,80)/t15-,16+,17+,18+,19+,20+,21+,22+,23+,24+,25+,26-,27+,28+,29-,30+,31+,32+,33-,34-,35-,36-,37+,38-,39+,40+,41+,42-,43-,44?,45-,46-,47-,48-,49+,51+/m0/s1. The Bertz CT molecular complexity index is 2420. The third-order valence-corrected chi connectivity index (χ3v) is 16.7. The molecule has 0 aromatic heterocycles. The predicted octanol–water partition coefficient (Wildman–Crippen LogP) is -16.6. The first-order valence-corrected chi connectivity index (χ1v) is 29.2. The zero-order valence-electron chi connectivity index (χ0n) is 49.6. The molecule has 7 rings (SSSR count). The fourth-order valence-corrected chi connectivity index (χ4v) is 11.7. The van der Waals surface area contributed by atoms with Crippen molar-refractivity contribution in [1.82, 2.24) is 16.0 Å². The largest absolute Gasteiger partial charge is 0.477 e. The highest BCUT2D eigenvalue weighted by Gasteiger charge is 2.60. The van der Waals surface area contributed by atoms with Crippen LogP contribution in [0.1, 0.15) is 27.2 Å². The van der Waals surface area contributed by atoms with Gasteiger partial charge >= 0.3 is 5.97 Å². The molecular formula is C51H85N3O39. The van der Waals surface area contributed by atoms with E-state index >= 15 is 0 Å². The van der Waals surface area contributed by atoms with Crippen molar-refractivity contribution >= 4 is 23.7 Å². The van der Waals surface area contributed by atoms with Crippen LogP contribution in [-0.2, 0) is 80.8 Å². The number of ether oxygens (including phenoxy) is 13. The van der Waals surface area contributed by atoms with E-state index in [9.17, 15) is 132 Å². The van der Waals surface area contributed by atoms with Crippen molar-refractivity contribution in [3.63, 3.8) is 0 Å². The lowest BCUT2D eigenvalue weighted by atomic mass is 9.88. The SMILES string of the molecule is CC(=O)N[C@H]1[C@H](O[C@@H]2[C@@H](O[C@@H]3[C@H](O)[C@H](O[C@H]4[C@H](O)[C@@H](NC(C)=O)C(O)O[C@@H]4CO)O[C@H](CO[C@H]4O[C@H](CO)[C@@H](O)[C@H](O)[C@@H]4O)[C@H]3O)O[C@H](CO)[C@@H](O)[C@@H]2O)O[C@H](CO)[C@@H](O[C@@H]2O[C@H](CO[C@]3(C(=O)O)C[C@H](O)[C@@H](NC(C)=O)[C@H]([C@@H](O)[C@H](O)CO)O3)[C@H](O)[C@H](O)[C@H]2O)[C@@H]1O. The molecule has 0 aromatic rings. The van der Waals surface area contributed by atoms with Crippen molar-refractivity contribution in [2.75, 3.05) is 46.2 Å². The highest BCUT2D eigenvalue weighted by Crippen LogP contribution is 2.39. The number of carbonyl (C=O) groups excluding carboxylic acids is 3. The summed E-state index contributed by atoms with van der Waals surface area (Å²) in [6.45, 7) is -4.59. The summed E-state index contributed by atoms with van der Waals surface area (Å²) in [5.41, 5.74) is 0. The van der Waals surface area contributed by atoms with Crippen LogP contribution in [-0.4, -0.2) is 403 Å². The van der Waals surface area contributed by atoms with Crippen LogP contribution in [0.3, 0.4) is 0 Å². The van der Waals surface area contributed by atoms with E-state index in [4.69, 9.17) is 61.6 Å². The van der Waals surface area contributed by atoms with Gasteiger partial charge < -0.3 is 190 Å². The Morgan fingerprint density at radius 2 is 0.871 bits per heavy atom. The van der Waals surface area contributed by atoms with E-state index in [1.807, 2.05) is 0 Å². The number of carboxylic acids is 1. The molecule has 7 aliphatic heterocycles. The lowest BCUT2D eigenvalue weighted by Gasteiger charge is -2.51. The first-order valence-electron chi connectivity index (χ1n) is 29.2. The number of aliphatic hydroxyl groups excluding tert-OH is 21. The van der Waals surface area contributed by atoms with Gasteiger partial charge in [-0.15, -0.1) is 0 Å². The number of rotatable bonds is 25. The molecule has 42 nitrogen and oxygen atoms in total. The van der Waals surface area contributed by atoms with Crippen LogP contribution in [0.5, 0.6) is 0 Å². The topological polar surface area (TPSA) is 669 Å². The van der Waals surface area contributed by atoms with Crippen LogP contribution >= 0.6 is 0 Å². The van der Waals surface area contributed by atoms with E-state index in [-0.39, 0.29) is 0 Å². The molecule has 7 heterocycles. The average molecular weight is 1360 g/mol. The van der Waals surface area contributed by atoms with Crippen molar-refractivity contribution in [3.8, 4) is 0 Å². The normalized spacial score (nSPS) is 47.2. The first kappa shape index (κ1) is 76.9. The van der Waals surface area contributed by atoms with Gasteiger partial charge in [0.2, 0.25) is 17.7 Å². The minimum absolute atomic E-state index is 0.796. The molecule has 1 unspecified atom stereocenters. The van der Waals surface area contributed by atoms with E-state index in [1.165, 1.54) is 0 Å². The number of aliphatic hydroxyl groups is 21. The summed E-state index contributed by atoms with van der Waals surface area (Å²) in [5.74, 6) is -7.63. The molecule has 25 N–H and O–H groups in total. The summed E-state index contributed by atoms with van der Waals surface area (Å²) < 4.78 is 74.8. The summed E-state index contributed by atoms with van der Waals surface area (Å²) >= 11 is 0. The molecule has 7 fully saturated rings. The third kappa shape index (κ3) is 17.0. The fourth-order valence-electron chi connectivity index (χ4n) is 11.7. The Kier molecular flexibility index (Phi) is 27.2. The number of carboxylic acid groups (broad SMARTS) is 1. The number of carbonyl (C=O) groups is 4. The maximum absolute atomic E-state index is 12.9. The van der Waals surface area contributed by atoms with Gasteiger partial charge in [-0.2, -0.15) is 0 Å².